The maximum Gasteiger partial charge on any atom is 0.331 e. The number of amides is 1. The summed E-state index contributed by atoms with van der Waals surface area (Å²) in [5, 5.41) is 0. The zero-order valence-electron chi connectivity index (χ0n) is 15.7. The number of allylic oxidation sites excluding steroid dienone is 3. The molecule has 0 bridgehead atoms. The first-order valence-electron chi connectivity index (χ1n) is 8.96. The van der Waals surface area contributed by atoms with E-state index in [1.165, 1.54) is 6.08 Å². The van der Waals surface area contributed by atoms with Crippen molar-refractivity contribution in [2.75, 3.05) is 0 Å². The molecule has 0 radical (unpaired) electrons. The second kappa shape index (κ2) is 10.8. The smallest absolute Gasteiger partial charge is 0.331 e. The summed E-state index contributed by atoms with van der Waals surface area (Å²) >= 11 is 0. The number of ether oxygens (including phenoxy) is 1. The van der Waals surface area contributed by atoms with Gasteiger partial charge in [-0.05, 0) is 25.0 Å². The summed E-state index contributed by atoms with van der Waals surface area (Å²) in [7, 11) is 0. The predicted octanol–water partition coefficient (Wildman–Crippen LogP) is 4.28. The first-order valence-corrected chi connectivity index (χ1v) is 8.96. The van der Waals surface area contributed by atoms with Crippen LogP contribution in [0.2, 0.25) is 0 Å². The summed E-state index contributed by atoms with van der Waals surface area (Å²) in [5.74, 6) is -0.760. The lowest BCUT2D eigenvalue weighted by Crippen LogP contribution is -2.39. The molecular weight excluding hydrogens is 338 g/mol. The highest BCUT2D eigenvalue weighted by Crippen LogP contribution is 2.13. The van der Waals surface area contributed by atoms with Crippen molar-refractivity contribution < 1.29 is 14.3 Å². The van der Waals surface area contributed by atoms with E-state index in [-0.39, 0.29) is 5.91 Å². The molecule has 0 aliphatic rings. The fourth-order valence-electron chi connectivity index (χ4n) is 2.59. The van der Waals surface area contributed by atoms with Crippen LogP contribution >= 0.6 is 0 Å². The minimum atomic E-state index is -0.861. The van der Waals surface area contributed by atoms with Crippen molar-refractivity contribution in [1.82, 2.24) is 4.90 Å². The second-order valence-electron chi connectivity index (χ2n) is 6.13. The molecule has 1 atom stereocenters. The highest BCUT2D eigenvalue weighted by molar-refractivity contribution is 5.87. The highest BCUT2D eigenvalue weighted by atomic mass is 16.5. The van der Waals surface area contributed by atoms with Crippen LogP contribution in [-0.4, -0.2) is 22.9 Å². The number of nitrogens with zero attached hydrogens (tertiary/aromatic N) is 1. The molecule has 4 nitrogen and oxygen atoms in total. The number of esters is 1. The molecule has 2 aromatic carbocycles. The van der Waals surface area contributed by atoms with Crippen LogP contribution in [0, 0.1) is 0 Å². The van der Waals surface area contributed by atoms with E-state index < -0.39 is 12.1 Å². The molecule has 0 heterocycles. The number of carbonyl (C=O) groups excluding carboxylic acids is 2. The minimum Gasteiger partial charge on any atom is -0.449 e. The zero-order chi connectivity index (χ0) is 19.5. The summed E-state index contributed by atoms with van der Waals surface area (Å²) in [6, 6.07) is 19.5. The summed E-state index contributed by atoms with van der Waals surface area (Å²) in [6.45, 7) is 4.36. The van der Waals surface area contributed by atoms with Gasteiger partial charge in [-0.3, -0.25) is 4.79 Å². The van der Waals surface area contributed by atoms with Crippen LogP contribution in [0.1, 0.15) is 25.0 Å². The van der Waals surface area contributed by atoms with Crippen LogP contribution in [-0.2, 0) is 27.4 Å². The zero-order valence-corrected chi connectivity index (χ0v) is 15.7. The van der Waals surface area contributed by atoms with Crippen LogP contribution in [0.4, 0.5) is 0 Å². The number of benzene rings is 2. The Labute approximate surface area is 160 Å². The Morgan fingerprint density at radius 3 is 1.93 bits per heavy atom. The number of hydrogen-bond acceptors (Lipinski definition) is 3. The van der Waals surface area contributed by atoms with Gasteiger partial charge in [-0.25, -0.2) is 4.79 Å². The molecule has 0 N–H and O–H groups in total. The molecular formula is C23H25NO3. The Morgan fingerprint density at radius 2 is 1.44 bits per heavy atom. The molecule has 0 saturated carbocycles. The van der Waals surface area contributed by atoms with E-state index in [9.17, 15) is 9.59 Å². The molecule has 0 aromatic heterocycles. The molecule has 0 fully saturated rings. The molecule has 0 saturated heterocycles. The molecule has 1 unspecified atom stereocenters. The molecule has 0 aliphatic heterocycles. The van der Waals surface area contributed by atoms with Gasteiger partial charge in [0.15, 0.2) is 6.10 Å². The maximum absolute atomic E-state index is 12.9. The van der Waals surface area contributed by atoms with Crippen molar-refractivity contribution in [3.63, 3.8) is 0 Å². The average molecular weight is 363 g/mol. The first kappa shape index (κ1) is 20.2. The third kappa shape index (κ3) is 6.94. The lowest BCUT2D eigenvalue weighted by molar-refractivity contribution is -0.156. The van der Waals surface area contributed by atoms with Crippen LogP contribution in [0.25, 0.3) is 0 Å². The Kier molecular flexibility index (Phi) is 8.04. The van der Waals surface area contributed by atoms with Gasteiger partial charge in [0.05, 0.1) is 0 Å². The van der Waals surface area contributed by atoms with E-state index in [4.69, 9.17) is 4.74 Å². The van der Waals surface area contributed by atoms with Gasteiger partial charge in [-0.2, -0.15) is 0 Å². The van der Waals surface area contributed by atoms with Gasteiger partial charge in [0.1, 0.15) is 0 Å². The van der Waals surface area contributed by atoms with Crippen LogP contribution in [0.3, 0.4) is 0 Å². The van der Waals surface area contributed by atoms with Gasteiger partial charge < -0.3 is 9.64 Å². The van der Waals surface area contributed by atoms with Crippen molar-refractivity contribution in [2.45, 2.75) is 33.0 Å². The standard InChI is InChI=1S/C23H25NO3/c1-3-4-7-16-22(25)27-19(2)23(26)24(17-20-12-8-5-9-13-20)18-21-14-10-6-11-15-21/h3-16,19H,17-18H2,1-2H3/b4-3+,16-7+. The molecule has 0 aliphatic carbocycles. The monoisotopic (exact) mass is 363 g/mol. The Balaban J connectivity index is 2.10. The van der Waals surface area contributed by atoms with Gasteiger partial charge in [0, 0.05) is 19.2 Å². The summed E-state index contributed by atoms with van der Waals surface area (Å²) < 4.78 is 5.26. The molecule has 4 heteroatoms. The third-order valence-corrected chi connectivity index (χ3v) is 3.92. The van der Waals surface area contributed by atoms with Gasteiger partial charge in [0.25, 0.3) is 5.91 Å². The fourth-order valence-corrected chi connectivity index (χ4v) is 2.59. The lowest BCUT2D eigenvalue weighted by atomic mass is 10.1. The van der Waals surface area contributed by atoms with E-state index in [0.717, 1.165) is 11.1 Å². The van der Waals surface area contributed by atoms with Crippen molar-refractivity contribution in [3.05, 3.63) is 96.1 Å². The molecule has 0 spiro atoms. The quantitative estimate of drug-likeness (QED) is 0.399. The van der Waals surface area contributed by atoms with Gasteiger partial charge in [-0.1, -0.05) is 78.9 Å². The topological polar surface area (TPSA) is 46.6 Å². The summed E-state index contributed by atoms with van der Waals surface area (Å²) in [5.41, 5.74) is 2.04. The van der Waals surface area contributed by atoms with E-state index in [1.54, 1.807) is 30.1 Å². The number of carbonyl (C=O) groups is 2. The van der Waals surface area contributed by atoms with Gasteiger partial charge in [0.2, 0.25) is 0 Å². The molecule has 140 valence electrons. The number of rotatable bonds is 8. The highest BCUT2D eigenvalue weighted by Gasteiger charge is 2.23. The molecule has 1 amide bonds. The van der Waals surface area contributed by atoms with E-state index in [2.05, 4.69) is 0 Å². The Bertz CT molecular complexity index is 740. The van der Waals surface area contributed by atoms with Crippen molar-refractivity contribution in [2.24, 2.45) is 0 Å². The summed E-state index contributed by atoms with van der Waals surface area (Å²) in [4.78, 5) is 26.5. The predicted molar refractivity (Wildman–Crippen MR) is 107 cm³/mol. The average Bonchev–Trinajstić information content (AvgIpc) is 2.68. The minimum absolute atomic E-state index is 0.226. The van der Waals surface area contributed by atoms with Crippen molar-refractivity contribution in [3.8, 4) is 0 Å². The SMILES string of the molecule is C/C=C/C=C/C(=O)OC(C)C(=O)N(Cc1ccccc1)Cc1ccccc1. The molecule has 2 rings (SSSR count). The maximum atomic E-state index is 12.9. The van der Waals surface area contributed by atoms with Crippen molar-refractivity contribution >= 4 is 11.9 Å². The molecule has 2 aromatic rings. The largest absolute Gasteiger partial charge is 0.449 e. The first-order chi connectivity index (χ1) is 13.1. The van der Waals surface area contributed by atoms with Crippen LogP contribution in [0.5, 0.6) is 0 Å². The lowest BCUT2D eigenvalue weighted by Gasteiger charge is -2.26. The van der Waals surface area contributed by atoms with Crippen LogP contribution in [0.15, 0.2) is 85.0 Å². The Morgan fingerprint density at radius 1 is 0.926 bits per heavy atom. The van der Waals surface area contributed by atoms with Crippen molar-refractivity contribution in [1.29, 1.82) is 0 Å². The Hall–Kier alpha value is -3.14. The van der Waals surface area contributed by atoms with E-state index >= 15 is 0 Å². The summed E-state index contributed by atoms with van der Waals surface area (Å²) in [6.07, 6.45) is 5.57. The van der Waals surface area contributed by atoms with Gasteiger partial charge >= 0.3 is 5.97 Å². The number of hydrogen-bond donors (Lipinski definition) is 0. The second-order valence-corrected chi connectivity index (χ2v) is 6.13. The van der Waals surface area contributed by atoms with E-state index in [0.29, 0.717) is 13.1 Å². The fraction of sp³-hybridized carbons (Fsp3) is 0.217. The normalized spacial score (nSPS) is 12.2. The van der Waals surface area contributed by atoms with Crippen LogP contribution < -0.4 is 0 Å². The van der Waals surface area contributed by atoms with Gasteiger partial charge in [-0.15, -0.1) is 0 Å². The molecule has 27 heavy (non-hydrogen) atoms. The van der Waals surface area contributed by atoms with E-state index in [1.807, 2.05) is 67.6 Å². The third-order valence-electron chi connectivity index (χ3n) is 3.92.